The SMILES string of the molecule is C=C(C)/C=C(\C=C/C)c1ccc(CC(=O)O)cc1. The number of carboxylic acids is 1. The van der Waals surface area contributed by atoms with E-state index in [1.54, 1.807) is 0 Å². The van der Waals surface area contributed by atoms with Crippen LogP contribution in [-0.4, -0.2) is 11.1 Å². The molecule has 1 aromatic carbocycles. The van der Waals surface area contributed by atoms with Gasteiger partial charge in [-0.2, -0.15) is 0 Å². The number of benzene rings is 1. The normalized spacial score (nSPS) is 11.8. The van der Waals surface area contributed by atoms with Gasteiger partial charge in [0, 0.05) is 0 Å². The van der Waals surface area contributed by atoms with Crippen molar-refractivity contribution in [3.63, 3.8) is 0 Å². The number of aliphatic carboxylic acids is 1. The first-order valence-corrected chi connectivity index (χ1v) is 5.84. The quantitative estimate of drug-likeness (QED) is 0.796. The van der Waals surface area contributed by atoms with Crippen LogP contribution in [0.1, 0.15) is 25.0 Å². The lowest BCUT2D eigenvalue weighted by molar-refractivity contribution is -0.136. The second kappa shape index (κ2) is 6.60. The van der Waals surface area contributed by atoms with Crippen LogP contribution < -0.4 is 0 Å². The third-order valence-corrected chi connectivity index (χ3v) is 2.39. The molecule has 0 amide bonds. The highest BCUT2D eigenvalue weighted by atomic mass is 16.4. The van der Waals surface area contributed by atoms with E-state index in [1.165, 1.54) is 0 Å². The van der Waals surface area contributed by atoms with Gasteiger partial charge in [0.1, 0.15) is 0 Å². The lowest BCUT2D eigenvalue weighted by atomic mass is 10.0. The van der Waals surface area contributed by atoms with Gasteiger partial charge in [-0.25, -0.2) is 0 Å². The number of rotatable bonds is 5. The highest BCUT2D eigenvalue weighted by Crippen LogP contribution is 2.18. The van der Waals surface area contributed by atoms with Crippen LogP contribution in [0.4, 0.5) is 0 Å². The van der Waals surface area contributed by atoms with Gasteiger partial charge in [-0.1, -0.05) is 54.6 Å². The number of allylic oxidation sites excluding steroid dienone is 5. The van der Waals surface area contributed by atoms with E-state index in [9.17, 15) is 4.79 Å². The van der Waals surface area contributed by atoms with Crippen molar-refractivity contribution >= 4 is 11.5 Å². The summed E-state index contributed by atoms with van der Waals surface area (Å²) in [5.41, 5.74) is 3.93. The van der Waals surface area contributed by atoms with Crippen LogP contribution in [0.15, 0.2) is 54.6 Å². The second-order valence-electron chi connectivity index (χ2n) is 4.21. The molecular weight excluding hydrogens is 224 g/mol. The van der Waals surface area contributed by atoms with Crippen LogP contribution in [0.25, 0.3) is 5.57 Å². The van der Waals surface area contributed by atoms with Gasteiger partial charge >= 0.3 is 5.97 Å². The maximum absolute atomic E-state index is 10.6. The fourth-order valence-corrected chi connectivity index (χ4v) is 1.66. The zero-order valence-electron chi connectivity index (χ0n) is 10.8. The molecule has 1 N–H and O–H groups in total. The summed E-state index contributed by atoms with van der Waals surface area (Å²) in [4.78, 5) is 10.6. The van der Waals surface area contributed by atoms with Crippen molar-refractivity contribution in [3.05, 3.63) is 65.8 Å². The average molecular weight is 242 g/mol. The Labute approximate surface area is 108 Å². The Balaban J connectivity index is 3.01. The largest absolute Gasteiger partial charge is 0.481 e. The van der Waals surface area contributed by atoms with Gasteiger partial charge in [0.05, 0.1) is 6.42 Å². The van der Waals surface area contributed by atoms with E-state index in [0.29, 0.717) is 0 Å². The second-order valence-corrected chi connectivity index (χ2v) is 4.21. The predicted molar refractivity (Wildman–Crippen MR) is 75.4 cm³/mol. The van der Waals surface area contributed by atoms with Crippen LogP contribution in [0, 0.1) is 0 Å². The van der Waals surface area contributed by atoms with E-state index in [-0.39, 0.29) is 6.42 Å². The van der Waals surface area contributed by atoms with E-state index in [1.807, 2.05) is 56.3 Å². The molecule has 0 aliphatic heterocycles. The molecule has 0 saturated heterocycles. The summed E-state index contributed by atoms with van der Waals surface area (Å²) in [6, 6.07) is 7.57. The molecule has 0 spiro atoms. The molecule has 0 heterocycles. The number of hydrogen-bond donors (Lipinski definition) is 1. The van der Waals surface area contributed by atoms with Crippen molar-refractivity contribution in [1.82, 2.24) is 0 Å². The fraction of sp³-hybridized carbons (Fsp3) is 0.188. The number of hydrogen-bond acceptors (Lipinski definition) is 1. The molecule has 0 atom stereocenters. The zero-order chi connectivity index (χ0) is 13.5. The minimum absolute atomic E-state index is 0.0590. The van der Waals surface area contributed by atoms with Gasteiger partial charge < -0.3 is 5.11 Å². The van der Waals surface area contributed by atoms with Crippen LogP contribution >= 0.6 is 0 Å². The number of carboxylic acid groups (broad SMARTS) is 1. The Morgan fingerprint density at radius 2 is 1.94 bits per heavy atom. The zero-order valence-corrected chi connectivity index (χ0v) is 10.8. The van der Waals surface area contributed by atoms with Gasteiger partial charge in [-0.05, 0) is 30.5 Å². The fourth-order valence-electron chi connectivity index (χ4n) is 1.66. The van der Waals surface area contributed by atoms with Gasteiger partial charge in [0.25, 0.3) is 0 Å². The molecule has 1 rings (SSSR count). The summed E-state index contributed by atoms with van der Waals surface area (Å²) in [5, 5.41) is 8.71. The molecule has 1 aromatic rings. The summed E-state index contributed by atoms with van der Waals surface area (Å²) >= 11 is 0. The van der Waals surface area contributed by atoms with Gasteiger partial charge in [0.2, 0.25) is 0 Å². The molecule has 0 saturated carbocycles. The predicted octanol–water partition coefficient (Wildman–Crippen LogP) is 3.85. The molecule has 0 radical (unpaired) electrons. The first-order chi connectivity index (χ1) is 8.52. The summed E-state index contributed by atoms with van der Waals surface area (Å²) < 4.78 is 0. The Morgan fingerprint density at radius 1 is 1.33 bits per heavy atom. The molecule has 0 unspecified atom stereocenters. The van der Waals surface area contributed by atoms with Crippen molar-refractivity contribution in [2.24, 2.45) is 0 Å². The van der Waals surface area contributed by atoms with Crippen LogP contribution in [0.2, 0.25) is 0 Å². The lowest BCUT2D eigenvalue weighted by Crippen LogP contribution is -1.99. The van der Waals surface area contributed by atoms with E-state index in [4.69, 9.17) is 5.11 Å². The Bertz CT molecular complexity index is 490. The summed E-state index contributed by atoms with van der Waals surface area (Å²) in [6.45, 7) is 7.78. The number of carbonyl (C=O) groups is 1. The third kappa shape index (κ3) is 4.42. The van der Waals surface area contributed by atoms with Gasteiger partial charge in [0.15, 0.2) is 0 Å². The van der Waals surface area contributed by atoms with Crippen LogP contribution in [-0.2, 0) is 11.2 Å². The summed E-state index contributed by atoms with van der Waals surface area (Å²) in [5.74, 6) is -0.811. The Hall–Kier alpha value is -2.09. The van der Waals surface area contributed by atoms with Crippen molar-refractivity contribution in [2.45, 2.75) is 20.3 Å². The van der Waals surface area contributed by atoms with E-state index < -0.39 is 5.97 Å². The van der Waals surface area contributed by atoms with E-state index in [0.717, 1.165) is 22.3 Å². The molecular formula is C16H18O2. The van der Waals surface area contributed by atoms with Crippen molar-refractivity contribution in [3.8, 4) is 0 Å². The molecule has 0 aliphatic carbocycles. The van der Waals surface area contributed by atoms with Crippen molar-refractivity contribution in [2.75, 3.05) is 0 Å². The van der Waals surface area contributed by atoms with Gasteiger partial charge in [-0.15, -0.1) is 0 Å². The van der Waals surface area contributed by atoms with Crippen molar-refractivity contribution < 1.29 is 9.90 Å². The highest BCUT2D eigenvalue weighted by Gasteiger charge is 2.02. The van der Waals surface area contributed by atoms with Gasteiger partial charge in [-0.3, -0.25) is 4.79 Å². The Morgan fingerprint density at radius 3 is 2.39 bits per heavy atom. The Kier molecular flexibility index (Phi) is 5.12. The standard InChI is InChI=1S/C16H18O2/c1-4-5-15(10-12(2)3)14-8-6-13(7-9-14)11-16(17)18/h4-10H,2,11H2,1,3H3,(H,17,18)/b5-4-,15-10+. The minimum atomic E-state index is -0.811. The average Bonchev–Trinajstić information content (AvgIpc) is 2.28. The molecule has 0 bridgehead atoms. The summed E-state index contributed by atoms with van der Waals surface area (Å²) in [7, 11) is 0. The molecule has 0 aromatic heterocycles. The lowest BCUT2D eigenvalue weighted by Gasteiger charge is -2.04. The first kappa shape index (κ1) is 14.0. The third-order valence-electron chi connectivity index (χ3n) is 2.39. The monoisotopic (exact) mass is 242 g/mol. The maximum atomic E-state index is 10.6. The topological polar surface area (TPSA) is 37.3 Å². The molecule has 2 nitrogen and oxygen atoms in total. The molecule has 18 heavy (non-hydrogen) atoms. The maximum Gasteiger partial charge on any atom is 0.307 e. The van der Waals surface area contributed by atoms with E-state index >= 15 is 0 Å². The molecule has 2 heteroatoms. The van der Waals surface area contributed by atoms with Crippen LogP contribution in [0.3, 0.4) is 0 Å². The van der Waals surface area contributed by atoms with Crippen LogP contribution in [0.5, 0.6) is 0 Å². The first-order valence-electron chi connectivity index (χ1n) is 5.84. The molecule has 94 valence electrons. The summed E-state index contributed by atoms with van der Waals surface area (Å²) in [6.07, 6.45) is 6.05. The highest BCUT2D eigenvalue weighted by molar-refractivity contribution is 5.76. The van der Waals surface area contributed by atoms with E-state index in [2.05, 4.69) is 6.58 Å². The van der Waals surface area contributed by atoms with Crippen molar-refractivity contribution in [1.29, 1.82) is 0 Å². The molecule has 0 fully saturated rings. The minimum Gasteiger partial charge on any atom is -0.481 e. The smallest absolute Gasteiger partial charge is 0.307 e. The molecule has 0 aliphatic rings.